The third-order valence-electron chi connectivity index (χ3n) is 3.81. The number of benzene rings is 1. The van der Waals surface area contributed by atoms with Gasteiger partial charge in [-0.05, 0) is 25.8 Å². The minimum absolute atomic E-state index is 0.120. The van der Waals surface area contributed by atoms with Crippen molar-refractivity contribution in [2.45, 2.75) is 31.8 Å². The molecule has 0 bridgehead atoms. The highest BCUT2D eigenvalue weighted by Crippen LogP contribution is 2.11. The van der Waals surface area contributed by atoms with Crippen molar-refractivity contribution in [2.24, 2.45) is 0 Å². The quantitative estimate of drug-likeness (QED) is 0.613. The maximum atomic E-state index is 12.0. The molecule has 2 rings (SSSR count). The Morgan fingerprint density at radius 2 is 1.89 bits per heavy atom. The van der Waals surface area contributed by atoms with E-state index in [0.717, 1.165) is 44.5 Å². The molecule has 1 heterocycles. The number of nitrogens with zero attached hydrogens (tertiary/aromatic N) is 1. The van der Waals surface area contributed by atoms with Crippen LogP contribution in [0.4, 0.5) is 0 Å². The van der Waals surface area contributed by atoms with Crippen molar-refractivity contribution >= 4 is 19.1 Å². The van der Waals surface area contributed by atoms with Gasteiger partial charge in [0, 0.05) is 25.1 Å². The van der Waals surface area contributed by atoms with Crippen molar-refractivity contribution in [1.82, 2.24) is 4.90 Å². The van der Waals surface area contributed by atoms with Gasteiger partial charge in [0.05, 0.1) is 6.10 Å². The van der Waals surface area contributed by atoms with E-state index in [9.17, 15) is 9.90 Å². The first kappa shape index (κ1) is 14.3. The topological polar surface area (TPSA) is 40.5 Å². The normalized spacial score (nSPS) is 17.5. The molecule has 0 saturated carbocycles. The first-order valence-corrected chi connectivity index (χ1v) is 7.15. The fraction of sp³-hybridized carbons (Fsp3) is 0.533. The lowest BCUT2D eigenvalue weighted by atomic mass is 9.94. The van der Waals surface area contributed by atoms with Crippen LogP contribution in [0.2, 0.25) is 0 Å². The highest BCUT2D eigenvalue weighted by molar-refractivity contribution is 6.32. The van der Waals surface area contributed by atoms with E-state index >= 15 is 0 Å². The molecule has 0 atom stereocenters. The van der Waals surface area contributed by atoms with E-state index in [4.69, 9.17) is 0 Å². The highest BCUT2D eigenvalue weighted by atomic mass is 16.3. The lowest BCUT2D eigenvalue weighted by Gasteiger charge is -2.29. The summed E-state index contributed by atoms with van der Waals surface area (Å²) in [5, 5.41) is 9.43. The van der Waals surface area contributed by atoms with Crippen LogP contribution < -0.4 is 5.46 Å². The molecule has 0 spiro atoms. The van der Waals surface area contributed by atoms with Crippen LogP contribution in [0, 0.1) is 0 Å². The molecule has 102 valence electrons. The number of hydrogen-bond acceptors (Lipinski definition) is 3. The van der Waals surface area contributed by atoms with Gasteiger partial charge in [-0.1, -0.05) is 29.7 Å². The van der Waals surface area contributed by atoms with Gasteiger partial charge in [0.1, 0.15) is 7.85 Å². The maximum Gasteiger partial charge on any atom is 0.162 e. The van der Waals surface area contributed by atoms with Crippen LogP contribution in [0.15, 0.2) is 24.3 Å². The molecule has 4 heteroatoms. The van der Waals surface area contributed by atoms with Crippen LogP contribution in [-0.2, 0) is 0 Å². The monoisotopic (exact) mass is 259 g/mol. The molecule has 0 amide bonds. The van der Waals surface area contributed by atoms with Gasteiger partial charge in [-0.25, -0.2) is 0 Å². The van der Waals surface area contributed by atoms with Gasteiger partial charge in [0.25, 0.3) is 0 Å². The Bertz CT molecular complexity index is 411. The Morgan fingerprint density at radius 1 is 1.26 bits per heavy atom. The van der Waals surface area contributed by atoms with E-state index in [1.165, 1.54) is 5.46 Å². The van der Waals surface area contributed by atoms with Crippen molar-refractivity contribution in [3.63, 3.8) is 0 Å². The Hall–Kier alpha value is -1.13. The Balaban J connectivity index is 1.70. The summed E-state index contributed by atoms with van der Waals surface area (Å²) in [7, 11) is 2.03. The Labute approximate surface area is 116 Å². The SMILES string of the molecule is Bc1ccc(C(=O)CCCN2CCC(O)CC2)cc1. The zero-order valence-corrected chi connectivity index (χ0v) is 11.6. The van der Waals surface area contributed by atoms with Crippen LogP contribution >= 0.6 is 0 Å². The summed E-state index contributed by atoms with van der Waals surface area (Å²) in [5.74, 6) is 0.233. The van der Waals surface area contributed by atoms with Crippen molar-refractivity contribution in [3.8, 4) is 0 Å². The van der Waals surface area contributed by atoms with E-state index < -0.39 is 0 Å². The first-order valence-electron chi connectivity index (χ1n) is 7.15. The minimum Gasteiger partial charge on any atom is -0.393 e. The number of rotatable bonds is 5. The van der Waals surface area contributed by atoms with Crippen LogP contribution in [0.25, 0.3) is 0 Å². The van der Waals surface area contributed by atoms with Gasteiger partial charge < -0.3 is 10.0 Å². The van der Waals surface area contributed by atoms with Gasteiger partial charge in [-0.15, -0.1) is 0 Å². The van der Waals surface area contributed by atoms with E-state index in [2.05, 4.69) is 4.90 Å². The number of hydrogen-bond donors (Lipinski definition) is 1. The predicted molar refractivity (Wildman–Crippen MR) is 79.9 cm³/mol. The highest BCUT2D eigenvalue weighted by Gasteiger charge is 2.16. The van der Waals surface area contributed by atoms with E-state index in [-0.39, 0.29) is 11.9 Å². The number of carbonyl (C=O) groups excluding carboxylic acids is 1. The lowest BCUT2D eigenvalue weighted by Crippen LogP contribution is -2.36. The number of ketones is 1. The molecule has 1 aromatic carbocycles. The van der Waals surface area contributed by atoms with Crippen LogP contribution in [-0.4, -0.2) is 49.4 Å². The minimum atomic E-state index is -0.120. The van der Waals surface area contributed by atoms with Gasteiger partial charge in [0.2, 0.25) is 0 Å². The number of piperidine rings is 1. The molecular weight excluding hydrogens is 237 g/mol. The summed E-state index contributed by atoms with van der Waals surface area (Å²) in [6.07, 6.45) is 3.13. The molecule has 0 aliphatic carbocycles. The third kappa shape index (κ3) is 4.48. The second kappa shape index (κ2) is 6.87. The van der Waals surface area contributed by atoms with Gasteiger partial charge in [-0.3, -0.25) is 4.79 Å². The van der Waals surface area contributed by atoms with Crippen molar-refractivity contribution in [1.29, 1.82) is 0 Å². The molecule has 19 heavy (non-hydrogen) atoms. The fourth-order valence-corrected chi connectivity index (χ4v) is 2.49. The summed E-state index contributed by atoms with van der Waals surface area (Å²) in [4.78, 5) is 14.3. The molecule has 1 aliphatic heterocycles. The van der Waals surface area contributed by atoms with E-state index in [1.54, 1.807) is 0 Å². The van der Waals surface area contributed by atoms with Crippen molar-refractivity contribution in [2.75, 3.05) is 19.6 Å². The smallest absolute Gasteiger partial charge is 0.162 e. The summed E-state index contributed by atoms with van der Waals surface area (Å²) >= 11 is 0. The third-order valence-corrected chi connectivity index (χ3v) is 3.81. The Kier molecular flexibility index (Phi) is 5.17. The average Bonchev–Trinajstić information content (AvgIpc) is 2.41. The zero-order chi connectivity index (χ0) is 13.7. The molecule has 0 radical (unpaired) electrons. The molecule has 1 N–H and O–H groups in total. The van der Waals surface area contributed by atoms with Crippen LogP contribution in [0.5, 0.6) is 0 Å². The predicted octanol–water partition coefficient (Wildman–Crippen LogP) is 0.365. The van der Waals surface area contributed by atoms with Crippen molar-refractivity contribution in [3.05, 3.63) is 29.8 Å². The number of likely N-dealkylation sites (tertiary alicyclic amines) is 1. The summed E-state index contributed by atoms with van der Waals surface area (Å²) in [5.41, 5.74) is 2.00. The molecule has 1 aliphatic rings. The summed E-state index contributed by atoms with van der Waals surface area (Å²) in [6.45, 7) is 2.88. The fourth-order valence-electron chi connectivity index (χ4n) is 2.49. The largest absolute Gasteiger partial charge is 0.393 e. The standard InChI is InChI=1S/C15H22BNO2/c16-13-5-3-12(4-6-13)15(19)2-1-9-17-10-7-14(18)8-11-17/h3-6,14,18H,1-2,7-11,16H2. The molecule has 0 aromatic heterocycles. The molecule has 1 aromatic rings. The second-order valence-electron chi connectivity index (χ2n) is 5.47. The Morgan fingerprint density at radius 3 is 2.53 bits per heavy atom. The number of aliphatic hydroxyl groups excluding tert-OH is 1. The molecule has 0 unspecified atom stereocenters. The number of aliphatic hydroxyl groups is 1. The van der Waals surface area contributed by atoms with Crippen LogP contribution in [0.3, 0.4) is 0 Å². The molecule has 1 fully saturated rings. The summed E-state index contributed by atoms with van der Waals surface area (Å²) in [6, 6.07) is 7.79. The lowest BCUT2D eigenvalue weighted by molar-refractivity contribution is 0.0800. The maximum absolute atomic E-state index is 12.0. The summed E-state index contributed by atoms with van der Waals surface area (Å²) < 4.78 is 0. The van der Waals surface area contributed by atoms with Crippen molar-refractivity contribution < 1.29 is 9.90 Å². The first-order chi connectivity index (χ1) is 9.15. The van der Waals surface area contributed by atoms with Crippen LogP contribution in [0.1, 0.15) is 36.0 Å². The average molecular weight is 259 g/mol. The number of Topliss-reactive ketones (excluding diaryl/α,β-unsaturated/α-hetero) is 1. The zero-order valence-electron chi connectivity index (χ0n) is 11.6. The molecule has 1 saturated heterocycles. The molecular formula is C15H22BNO2. The van der Waals surface area contributed by atoms with E-state index in [0.29, 0.717) is 6.42 Å². The molecule has 3 nitrogen and oxygen atoms in total. The van der Waals surface area contributed by atoms with Gasteiger partial charge in [-0.2, -0.15) is 0 Å². The van der Waals surface area contributed by atoms with Gasteiger partial charge >= 0.3 is 0 Å². The van der Waals surface area contributed by atoms with E-state index in [1.807, 2.05) is 32.1 Å². The van der Waals surface area contributed by atoms with Gasteiger partial charge in [0.15, 0.2) is 5.78 Å². The number of carbonyl (C=O) groups is 1. The second-order valence-corrected chi connectivity index (χ2v) is 5.47.